The van der Waals surface area contributed by atoms with Crippen LogP contribution in [0.5, 0.6) is 0 Å². The highest BCUT2D eigenvalue weighted by Crippen LogP contribution is 2.30. The summed E-state index contributed by atoms with van der Waals surface area (Å²) in [6.07, 6.45) is 6.18. The molecule has 0 heterocycles. The summed E-state index contributed by atoms with van der Waals surface area (Å²) in [6.45, 7) is 3.89. The molecule has 0 unspecified atom stereocenters. The summed E-state index contributed by atoms with van der Waals surface area (Å²) in [5.41, 5.74) is 1.92. The quantitative estimate of drug-likeness (QED) is 0.608. The van der Waals surface area contributed by atoms with Crippen molar-refractivity contribution in [2.75, 3.05) is 30.4 Å². The number of anilines is 2. The number of benzene rings is 1. The van der Waals surface area contributed by atoms with Gasteiger partial charge >= 0.3 is 0 Å². The standard InChI is InChI=1S/C16H25N3O2/c1-3-8-17-14-9-15(11-16(10-14)19(20)21)18(2)12-13-6-4-5-7-13/h9-11,13,17H,3-8,12H2,1-2H3. The van der Waals surface area contributed by atoms with Crippen molar-refractivity contribution in [3.8, 4) is 0 Å². The van der Waals surface area contributed by atoms with Gasteiger partial charge in [-0.2, -0.15) is 0 Å². The molecule has 1 fully saturated rings. The fourth-order valence-corrected chi connectivity index (χ4v) is 2.98. The first-order valence-electron chi connectivity index (χ1n) is 7.84. The van der Waals surface area contributed by atoms with E-state index in [2.05, 4.69) is 17.1 Å². The van der Waals surface area contributed by atoms with Crippen LogP contribution in [0.2, 0.25) is 0 Å². The molecule has 0 amide bonds. The lowest BCUT2D eigenvalue weighted by Crippen LogP contribution is -2.24. The molecule has 5 nitrogen and oxygen atoms in total. The first kappa shape index (κ1) is 15.6. The van der Waals surface area contributed by atoms with Gasteiger partial charge in [0, 0.05) is 43.6 Å². The molecular weight excluding hydrogens is 266 g/mol. The number of nitro groups is 1. The van der Waals surface area contributed by atoms with Gasteiger partial charge in [0.15, 0.2) is 0 Å². The highest BCUT2D eigenvalue weighted by molar-refractivity contribution is 5.64. The van der Waals surface area contributed by atoms with Crippen LogP contribution < -0.4 is 10.2 Å². The number of rotatable bonds is 7. The second-order valence-corrected chi connectivity index (χ2v) is 5.95. The van der Waals surface area contributed by atoms with Crippen molar-refractivity contribution in [2.45, 2.75) is 39.0 Å². The summed E-state index contributed by atoms with van der Waals surface area (Å²) in [4.78, 5) is 12.9. The summed E-state index contributed by atoms with van der Waals surface area (Å²) in [5.74, 6) is 0.723. The predicted molar refractivity (Wildman–Crippen MR) is 87.1 cm³/mol. The van der Waals surface area contributed by atoms with Gasteiger partial charge in [-0.05, 0) is 31.2 Å². The number of nitrogens with zero attached hydrogens (tertiary/aromatic N) is 2. The molecule has 0 radical (unpaired) electrons. The first-order valence-corrected chi connectivity index (χ1v) is 7.84. The topological polar surface area (TPSA) is 58.4 Å². The third-order valence-corrected chi connectivity index (χ3v) is 4.14. The van der Waals surface area contributed by atoms with Crippen molar-refractivity contribution in [1.29, 1.82) is 0 Å². The summed E-state index contributed by atoms with van der Waals surface area (Å²) in [5, 5.41) is 14.4. The fourth-order valence-electron chi connectivity index (χ4n) is 2.98. The summed E-state index contributed by atoms with van der Waals surface area (Å²) in [6, 6.07) is 5.30. The number of nitrogens with one attached hydrogen (secondary N) is 1. The number of hydrogen-bond acceptors (Lipinski definition) is 4. The van der Waals surface area contributed by atoms with Gasteiger partial charge in [0.05, 0.1) is 4.92 Å². The van der Waals surface area contributed by atoms with Crippen LogP contribution in [-0.4, -0.2) is 25.1 Å². The Morgan fingerprint density at radius 1 is 1.33 bits per heavy atom. The minimum atomic E-state index is -0.315. The van der Waals surface area contributed by atoms with E-state index in [1.807, 2.05) is 13.1 Å². The zero-order chi connectivity index (χ0) is 15.2. The lowest BCUT2D eigenvalue weighted by molar-refractivity contribution is -0.384. The Balaban J connectivity index is 2.15. The maximum atomic E-state index is 11.1. The Morgan fingerprint density at radius 3 is 2.67 bits per heavy atom. The number of non-ortho nitro benzene ring substituents is 1. The molecule has 0 bridgehead atoms. The molecule has 1 N–H and O–H groups in total. The lowest BCUT2D eigenvalue weighted by Gasteiger charge is -2.23. The molecule has 116 valence electrons. The molecule has 0 spiro atoms. The van der Waals surface area contributed by atoms with Crippen molar-refractivity contribution >= 4 is 17.1 Å². The van der Waals surface area contributed by atoms with Crippen LogP contribution in [0.15, 0.2) is 18.2 Å². The fraction of sp³-hybridized carbons (Fsp3) is 0.625. The van der Waals surface area contributed by atoms with E-state index in [4.69, 9.17) is 0 Å². The van der Waals surface area contributed by atoms with E-state index in [1.165, 1.54) is 25.7 Å². The van der Waals surface area contributed by atoms with Gasteiger partial charge in [-0.1, -0.05) is 19.8 Å². The van der Waals surface area contributed by atoms with Crippen LogP contribution in [0, 0.1) is 16.0 Å². The van der Waals surface area contributed by atoms with Gasteiger partial charge < -0.3 is 10.2 Å². The van der Waals surface area contributed by atoms with Crippen LogP contribution in [0.4, 0.5) is 17.1 Å². The normalized spacial score (nSPS) is 15.1. The smallest absolute Gasteiger partial charge is 0.273 e. The summed E-state index contributed by atoms with van der Waals surface area (Å²) < 4.78 is 0. The van der Waals surface area contributed by atoms with Crippen LogP contribution in [0.25, 0.3) is 0 Å². The second kappa shape index (κ2) is 7.29. The van der Waals surface area contributed by atoms with Gasteiger partial charge in [-0.3, -0.25) is 10.1 Å². The Morgan fingerprint density at radius 2 is 2.05 bits per heavy atom. The van der Waals surface area contributed by atoms with Gasteiger partial charge in [0.2, 0.25) is 0 Å². The molecule has 1 aromatic rings. The van der Waals surface area contributed by atoms with E-state index in [1.54, 1.807) is 12.1 Å². The van der Waals surface area contributed by atoms with Crippen molar-refractivity contribution in [3.05, 3.63) is 28.3 Å². The van der Waals surface area contributed by atoms with Crippen molar-refractivity contribution < 1.29 is 4.92 Å². The molecule has 0 saturated heterocycles. The molecule has 1 aliphatic rings. The average Bonchev–Trinajstić information content (AvgIpc) is 2.97. The summed E-state index contributed by atoms with van der Waals surface area (Å²) in [7, 11) is 2.03. The van der Waals surface area contributed by atoms with Crippen LogP contribution >= 0.6 is 0 Å². The average molecular weight is 291 g/mol. The Bertz CT molecular complexity index is 484. The third kappa shape index (κ3) is 4.34. The molecular formula is C16H25N3O2. The molecule has 21 heavy (non-hydrogen) atoms. The van der Waals surface area contributed by atoms with Gasteiger partial charge in [0.25, 0.3) is 5.69 Å². The molecule has 1 aliphatic carbocycles. The Kier molecular flexibility index (Phi) is 5.42. The second-order valence-electron chi connectivity index (χ2n) is 5.95. The molecule has 0 aromatic heterocycles. The highest BCUT2D eigenvalue weighted by atomic mass is 16.6. The number of nitro benzene ring substituents is 1. The van der Waals surface area contributed by atoms with Crippen molar-refractivity contribution in [3.63, 3.8) is 0 Å². The van der Waals surface area contributed by atoms with Crippen LogP contribution in [-0.2, 0) is 0 Å². The molecule has 2 rings (SSSR count). The van der Waals surface area contributed by atoms with Gasteiger partial charge in [0.1, 0.15) is 0 Å². The molecule has 0 aliphatic heterocycles. The van der Waals surface area contributed by atoms with E-state index in [0.717, 1.165) is 36.8 Å². The zero-order valence-corrected chi connectivity index (χ0v) is 13.0. The molecule has 1 saturated carbocycles. The van der Waals surface area contributed by atoms with Gasteiger partial charge in [-0.25, -0.2) is 0 Å². The molecule has 1 aromatic carbocycles. The van der Waals surface area contributed by atoms with E-state index >= 15 is 0 Å². The van der Waals surface area contributed by atoms with E-state index in [9.17, 15) is 10.1 Å². The predicted octanol–water partition coefficient (Wildman–Crippen LogP) is 4.04. The maximum absolute atomic E-state index is 11.1. The molecule has 0 atom stereocenters. The molecule has 5 heteroatoms. The minimum absolute atomic E-state index is 0.157. The lowest BCUT2D eigenvalue weighted by atomic mass is 10.1. The van der Waals surface area contributed by atoms with Crippen LogP contribution in [0.1, 0.15) is 39.0 Å². The number of hydrogen-bond donors (Lipinski definition) is 1. The van der Waals surface area contributed by atoms with Crippen molar-refractivity contribution in [2.24, 2.45) is 5.92 Å². The van der Waals surface area contributed by atoms with Crippen LogP contribution in [0.3, 0.4) is 0 Å². The Hall–Kier alpha value is -1.78. The van der Waals surface area contributed by atoms with E-state index < -0.39 is 0 Å². The maximum Gasteiger partial charge on any atom is 0.273 e. The highest BCUT2D eigenvalue weighted by Gasteiger charge is 2.18. The van der Waals surface area contributed by atoms with E-state index in [0.29, 0.717) is 0 Å². The first-order chi connectivity index (χ1) is 10.1. The minimum Gasteiger partial charge on any atom is -0.385 e. The Labute approximate surface area is 126 Å². The van der Waals surface area contributed by atoms with Crippen molar-refractivity contribution in [1.82, 2.24) is 0 Å². The van der Waals surface area contributed by atoms with Gasteiger partial charge in [-0.15, -0.1) is 0 Å². The monoisotopic (exact) mass is 291 g/mol. The zero-order valence-electron chi connectivity index (χ0n) is 13.0. The van der Waals surface area contributed by atoms with E-state index in [-0.39, 0.29) is 10.6 Å². The third-order valence-electron chi connectivity index (χ3n) is 4.14. The SMILES string of the molecule is CCCNc1cc(N(C)CC2CCCC2)cc([N+](=O)[O-])c1. The largest absolute Gasteiger partial charge is 0.385 e. The summed E-state index contributed by atoms with van der Waals surface area (Å²) >= 11 is 0.